The topological polar surface area (TPSA) is 61.8 Å². The molecule has 0 unspecified atom stereocenters. The van der Waals surface area contributed by atoms with Crippen molar-refractivity contribution >= 4 is 11.9 Å². The largest absolute Gasteiger partial charge is 0.462 e. The van der Waals surface area contributed by atoms with Gasteiger partial charge in [-0.05, 0) is 57.8 Å². The number of ether oxygens (including phenoxy) is 3. The van der Waals surface area contributed by atoms with Gasteiger partial charge in [0, 0.05) is 19.4 Å². The van der Waals surface area contributed by atoms with E-state index in [-0.39, 0.29) is 25.2 Å². The number of carbonyl (C=O) groups excluding carboxylic acids is 2. The van der Waals surface area contributed by atoms with Gasteiger partial charge in [-0.25, -0.2) is 0 Å². The van der Waals surface area contributed by atoms with Crippen molar-refractivity contribution in [2.75, 3.05) is 19.8 Å². The maximum atomic E-state index is 12.8. The molecule has 0 radical (unpaired) electrons. The molecule has 0 bridgehead atoms. The SMILES string of the molecule is CCCCC/C=C\C/C=C\C/C=C\C/C=C\C/C=C\CCC(=O)O[C@H](COCCCCCCCCCCCCCCCCCC)COC(=O)CCCCCCCCCCCCCCCCC. The van der Waals surface area contributed by atoms with Crippen molar-refractivity contribution in [3.8, 4) is 0 Å². The van der Waals surface area contributed by atoms with Crippen LogP contribution < -0.4 is 0 Å². The molecule has 5 heteroatoms. The first-order chi connectivity index (χ1) is 32.6. The van der Waals surface area contributed by atoms with Gasteiger partial charge < -0.3 is 14.2 Å². The highest BCUT2D eigenvalue weighted by molar-refractivity contribution is 5.70. The van der Waals surface area contributed by atoms with E-state index in [1.54, 1.807) is 0 Å². The van der Waals surface area contributed by atoms with Gasteiger partial charge in [0.1, 0.15) is 6.61 Å². The average Bonchev–Trinajstić information content (AvgIpc) is 3.32. The summed E-state index contributed by atoms with van der Waals surface area (Å²) in [5, 5.41) is 0. The second kappa shape index (κ2) is 56.9. The van der Waals surface area contributed by atoms with Gasteiger partial charge in [-0.3, -0.25) is 9.59 Å². The van der Waals surface area contributed by atoms with E-state index in [1.807, 2.05) is 6.08 Å². The number of allylic oxidation sites excluding steroid dienone is 10. The van der Waals surface area contributed by atoms with Crippen molar-refractivity contribution in [1.82, 2.24) is 0 Å². The van der Waals surface area contributed by atoms with E-state index in [2.05, 4.69) is 75.5 Å². The smallest absolute Gasteiger partial charge is 0.306 e. The van der Waals surface area contributed by atoms with Gasteiger partial charge in [0.15, 0.2) is 6.10 Å². The first-order valence-corrected chi connectivity index (χ1v) is 28.8. The van der Waals surface area contributed by atoms with E-state index in [4.69, 9.17) is 14.2 Å². The molecule has 0 saturated heterocycles. The highest BCUT2D eigenvalue weighted by atomic mass is 16.6. The van der Waals surface area contributed by atoms with Crippen molar-refractivity contribution in [2.24, 2.45) is 0 Å². The molecular formula is C61H110O5. The number of esters is 2. The van der Waals surface area contributed by atoms with Crippen LogP contribution in [-0.2, 0) is 23.8 Å². The standard InChI is InChI=1S/C61H110O5/c1-4-7-10-13-16-19-22-25-28-30-31-32-34-37-40-43-46-49-52-55-61(63)66-59(57-64-56-53-50-47-44-41-38-35-29-26-23-20-17-14-11-8-5-2)58-65-60(62)54-51-48-45-42-39-36-33-27-24-21-18-15-12-9-6-3/h16,19,25,28,31-32,37,40,46,49,59H,4-15,17-18,20-24,26-27,29-30,33-36,38-39,41-45,47-48,50-58H2,1-3H3/b19-16-,28-25-,32-31-,40-37-,49-46-/t59-/m1/s1. The predicted octanol–water partition coefficient (Wildman–Crippen LogP) is 19.7. The van der Waals surface area contributed by atoms with Crippen molar-refractivity contribution in [2.45, 2.75) is 297 Å². The Morgan fingerprint density at radius 1 is 0.333 bits per heavy atom. The van der Waals surface area contributed by atoms with Crippen LogP contribution in [0.4, 0.5) is 0 Å². The summed E-state index contributed by atoms with van der Waals surface area (Å²) in [6.45, 7) is 7.77. The van der Waals surface area contributed by atoms with E-state index in [1.165, 1.54) is 199 Å². The molecule has 384 valence electrons. The summed E-state index contributed by atoms with van der Waals surface area (Å²) in [7, 11) is 0. The van der Waals surface area contributed by atoms with E-state index in [0.29, 0.717) is 25.9 Å². The highest BCUT2D eigenvalue weighted by Gasteiger charge is 2.17. The summed E-state index contributed by atoms with van der Waals surface area (Å²) in [6, 6.07) is 0. The number of hydrogen-bond acceptors (Lipinski definition) is 5. The Balaban J connectivity index is 4.36. The third-order valence-corrected chi connectivity index (χ3v) is 12.6. The molecule has 0 rings (SSSR count). The Kier molecular flexibility index (Phi) is 54.9. The zero-order valence-electron chi connectivity index (χ0n) is 44.2. The Bertz CT molecular complexity index is 1130. The molecule has 5 nitrogen and oxygen atoms in total. The first kappa shape index (κ1) is 63.6. The number of hydrogen-bond donors (Lipinski definition) is 0. The van der Waals surface area contributed by atoms with Gasteiger partial charge in [0.05, 0.1) is 6.61 Å². The zero-order chi connectivity index (χ0) is 47.7. The molecule has 1 atom stereocenters. The van der Waals surface area contributed by atoms with Crippen LogP contribution >= 0.6 is 0 Å². The lowest BCUT2D eigenvalue weighted by Gasteiger charge is -2.18. The fourth-order valence-electron chi connectivity index (χ4n) is 8.26. The molecule has 0 aliphatic carbocycles. The molecule has 0 N–H and O–H groups in total. The van der Waals surface area contributed by atoms with Gasteiger partial charge in [-0.15, -0.1) is 0 Å². The van der Waals surface area contributed by atoms with E-state index in [0.717, 1.165) is 51.4 Å². The van der Waals surface area contributed by atoms with E-state index in [9.17, 15) is 9.59 Å². The van der Waals surface area contributed by atoms with Gasteiger partial charge in [0.25, 0.3) is 0 Å². The average molecular weight is 924 g/mol. The molecule has 0 saturated carbocycles. The molecule has 66 heavy (non-hydrogen) atoms. The molecule has 0 aromatic rings. The molecule has 0 aliphatic heterocycles. The van der Waals surface area contributed by atoms with Crippen LogP contribution in [0.15, 0.2) is 60.8 Å². The molecule has 0 aromatic heterocycles. The molecular weight excluding hydrogens is 813 g/mol. The summed E-state index contributed by atoms with van der Waals surface area (Å²) in [5.41, 5.74) is 0. The van der Waals surface area contributed by atoms with Gasteiger partial charge >= 0.3 is 11.9 Å². The van der Waals surface area contributed by atoms with Crippen LogP contribution in [0.3, 0.4) is 0 Å². The van der Waals surface area contributed by atoms with Gasteiger partial charge in [-0.1, -0.05) is 281 Å². The number of rotatable bonds is 53. The summed E-state index contributed by atoms with van der Waals surface area (Å²) < 4.78 is 17.4. The quantitative estimate of drug-likeness (QED) is 0.0346. The normalized spacial score (nSPS) is 12.6. The Hall–Kier alpha value is -2.40. The van der Waals surface area contributed by atoms with Crippen LogP contribution in [0.25, 0.3) is 0 Å². The number of carbonyl (C=O) groups is 2. The molecule has 0 spiro atoms. The van der Waals surface area contributed by atoms with Crippen molar-refractivity contribution in [3.05, 3.63) is 60.8 Å². The van der Waals surface area contributed by atoms with Crippen LogP contribution in [0.2, 0.25) is 0 Å². The molecule has 0 aliphatic rings. The maximum absolute atomic E-state index is 12.8. The molecule has 0 heterocycles. The van der Waals surface area contributed by atoms with Gasteiger partial charge in [0.2, 0.25) is 0 Å². The third-order valence-electron chi connectivity index (χ3n) is 12.6. The fraction of sp³-hybridized carbons (Fsp3) is 0.803. The minimum Gasteiger partial charge on any atom is -0.462 e. The zero-order valence-corrected chi connectivity index (χ0v) is 44.2. The highest BCUT2D eigenvalue weighted by Crippen LogP contribution is 2.16. The molecule has 0 aromatic carbocycles. The second-order valence-electron chi connectivity index (χ2n) is 19.2. The van der Waals surface area contributed by atoms with Crippen LogP contribution in [-0.4, -0.2) is 37.9 Å². The van der Waals surface area contributed by atoms with E-state index < -0.39 is 6.10 Å². The van der Waals surface area contributed by atoms with Crippen molar-refractivity contribution in [3.63, 3.8) is 0 Å². The fourth-order valence-corrected chi connectivity index (χ4v) is 8.26. The van der Waals surface area contributed by atoms with Crippen LogP contribution in [0, 0.1) is 0 Å². The Morgan fingerprint density at radius 2 is 0.667 bits per heavy atom. The Labute approximate surface area is 411 Å². The summed E-state index contributed by atoms with van der Waals surface area (Å²) in [5.74, 6) is -0.477. The molecule has 0 amide bonds. The van der Waals surface area contributed by atoms with Crippen LogP contribution in [0.5, 0.6) is 0 Å². The maximum Gasteiger partial charge on any atom is 0.306 e. The van der Waals surface area contributed by atoms with Crippen LogP contribution in [0.1, 0.15) is 290 Å². The predicted molar refractivity (Wildman–Crippen MR) is 288 cm³/mol. The first-order valence-electron chi connectivity index (χ1n) is 28.8. The lowest BCUT2D eigenvalue weighted by Crippen LogP contribution is -2.30. The van der Waals surface area contributed by atoms with E-state index >= 15 is 0 Å². The van der Waals surface area contributed by atoms with Crippen molar-refractivity contribution < 1.29 is 23.8 Å². The monoisotopic (exact) mass is 923 g/mol. The summed E-state index contributed by atoms with van der Waals surface area (Å²) >= 11 is 0. The second-order valence-corrected chi connectivity index (χ2v) is 19.2. The Morgan fingerprint density at radius 3 is 1.08 bits per heavy atom. The van der Waals surface area contributed by atoms with Crippen molar-refractivity contribution in [1.29, 1.82) is 0 Å². The van der Waals surface area contributed by atoms with Gasteiger partial charge in [-0.2, -0.15) is 0 Å². The number of unbranched alkanes of at least 4 members (excludes halogenated alkanes) is 32. The third kappa shape index (κ3) is 54.2. The minimum absolute atomic E-state index is 0.0597. The molecule has 0 fully saturated rings. The lowest BCUT2D eigenvalue weighted by molar-refractivity contribution is -0.162. The summed E-state index contributed by atoms with van der Waals surface area (Å²) in [6.07, 6.45) is 72.5. The minimum atomic E-state index is -0.573. The summed E-state index contributed by atoms with van der Waals surface area (Å²) in [4.78, 5) is 25.5. The lowest BCUT2D eigenvalue weighted by atomic mass is 10.0.